The summed E-state index contributed by atoms with van der Waals surface area (Å²) in [6, 6.07) is 4.15. The van der Waals surface area contributed by atoms with Crippen molar-refractivity contribution in [2.75, 3.05) is 0 Å². The minimum Gasteiger partial charge on any atom is -0.324 e. The van der Waals surface area contributed by atoms with Crippen molar-refractivity contribution in [3.8, 4) is 0 Å². The average Bonchev–Trinajstić information content (AvgIpc) is 2.97. The molecule has 3 rings (SSSR count). The Bertz CT molecular complexity index is 470. The molecule has 0 amide bonds. The van der Waals surface area contributed by atoms with Gasteiger partial charge in [-0.05, 0) is 30.4 Å². The highest BCUT2D eigenvalue weighted by Crippen LogP contribution is 2.39. The summed E-state index contributed by atoms with van der Waals surface area (Å²) in [5, 5.41) is 4.28. The van der Waals surface area contributed by atoms with Crippen LogP contribution in [0.2, 0.25) is 0 Å². The number of pyridine rings is 1. The first-order valence-corrected chi connectivity index (χ1v) is 4.92. The molecular weight excluding hydrogens is 176 g/mol. The highest BCUT2D eigenvalue weighted by atomic mass is 15.3. The van der Waals surface area contributed by atoms with Gasteiger partial charge in [0.05, 0.1) is 6.54 Å². The van der Waals surface area contributed by atoms with Crippen LogP contribution in [0.3, 0.4) is 0 Å². The van der Waals surface area contributed by atoms with Gasteiger partial charge in [-0.2, -0.15) is 0 Å². The quantitative estimate of drug-likeness (QED) is 0.766. The van der Waals surface area contributed by atoms with Gasteiger partial charge in [0, 0.05) is 6.20 Å². The third-order valence-electron chi connectivity index (χ3n) is 2.63. The van der Waals surface area contributed by atoms with E-state index in [9.17, 15) is 0 Å². The van der Waals surface area contributed by atoms with Crippen LogP contribution in [0.5, 0.6) is 0 Å². The number of nitrogens with two attached hydrogens (primary N) is 1. The van der Waals surface area contributed by atoms with Gasteiger partial charge in [0.1, 0.15) is 0 Å². The number of aromatic nitrogens is 3. The molecule has 2 aromatic heterocycles. The Morgan fingerprint density at radius 2 is 2.29 bits per heavy atom. The van der Waals surface area contributed by atoms with E-state index in [1.54, 1.807) is 0 Å². The summed E-state index contributed by atoms with van der Waals surface area (Å²) in [7, 11) is 0. The molecule has 72 valence electrons. The molecule has 1 aliphatic rings. The van der Waals surface area contributed by atoms with Crippen molar-refractivity contribution in [3.63, 3.8) is 0 Å². The molecule has 1 aliphatic carbocycles. The highest BCUT2D eigenvalue weighted by Gasteiger charge is 2.23. The van der Waals surface area contributed by atoms with Gasteiger partial charge in [-0.1, -0.05) is 6.07 Å². The number of fused-ring (bicyclic) bond motifs is 1. The van der Waals surface area contributed by atoms with Gasteiger partial charge in [0.2, 0.25) is 0 Å². The number of rotatable bonds is 2. The summed E-state index contributed by atoms with van der Waals surface area (Å²) in [6.07, 6.45) is 4.69. The SMILES string of the molecule is NCc1nc2ccc(C3CC3)cn2n1. The van der Waals surface area contributed by atoms with Crippen molar-refractivity contribution in [3.05, 3.63) is 29.7 Å². The van der Waals surface area contributed by atoms with Crippen LogP contribution >= 0.6 is 0 Å². The fourth-order valence-corrected chi connectivity index (χ4v) is 1.69. The van der Waals surface area contributed by atoms with E-state index in [-0.39, 0.29) is 0 Å². The fourth-order valence-electron chi connectivity index (χ4n) is 1.69. The van der Waals surface area contributed by atoms with E-state index < -0.39 is 0 Å². The van der Waals surface area contributed by atoms with Gasteiger partial charge >= 0.3 is 0 Å². The molecule has 1 saturated carbocycles. The van der Waals surface area contributed by atoms with Crippen molar-refractivity contribution in [2.45, 2.75) is 25.3 Å². The lowest BCUT2D eigenvalue weighted by Gasteiger charge is -1.96. The van der Waals surface area contributed by atoms with Crippen LogP contribution in [-0.2, 0) is 6.54 Å². The first kappa shape index (κ1) is 7.94. The summed E-state index contributed by atoms with van der Waals surface area (Å²) < 4.78 is 1.83. The molecule has 2 heterocycles. The Morgan fingerprint density at radius 3 is 3.00 bits per heavy atom. The summed E-state index contributed by atoms with van der Waals surface area (Å²) in [6.45, 7) is 0.403. The summed E-state index contributed by atoms with van der Waals surface area (Å²) in [5.74, 6) is 1.46. The van der Waals surface area contributed by atoms with Gasteiger partial charge in [-0.15, -0.1) is 5.10 Å². The van der Waals surface area contributed by atoms with Crippen molar-refractivity contribution in [1.29, 1.82) is 0 Å². The number of nitrogens with zero attached hydrogens (tertiary/aromatic N) is 3. The topological polar surface area (TPSA) is 56.2 Å². The zero-order valence-corrected chi connectivity index (χ0v) is 7.85. The molecule has 2 N–H and O–H groups in total. The van der Waals surface area contributed by atoms with Crippen LogP contribution in [0.4, 0.5) is 0 Å². The molecule has 1 fully saturated rings. The zero-order chi connectivity index (χ0) is 9.54. The molecule has 0 atom stereocenters. The fraction of sp³-hybridized carbons (Fsp3) is 0.400. The smallest absolute Gasteiger partial charge is 0.165 e. The first-order chi connectivity index (χ1) is 6.86. The van der Waals surface area contributed by atoms with E-state index in [1.165, 1.54) is 18.4 Å². The van der Waals surface area contributed by atoms with Crippen LogP contribution in [0.15, 0.2) is 18.3 Å². The molecular formula is C10H12N4. The minimum atomic E-state index is 0.403. The molecule has 0 aliphatic heterocycles. The normalized spacial score (nSPS) is 16.4. The van der Waals surface area contributed by atoms with Crippen LogP contribution in [0, 0.1) is 0 Å². The third-order valence-corrected chi connectivity index (χ3v) is 2.63. The maximum absolute atomic E-state index is 5.49. The van der Waals surface area contributed by atoms with Crippen LogP contribution in [0.1, 0.15) is 30.1 Å². The first-order valence-electron chi connectivity index (χ1n) is 4.92. The van der Waals surface area contributed by atoms with E-state index >= 15 is 0 Å². The van der Waals surface area contributed by atoms with E-state index in [0.717, 1.165) is 11.6 Å². The standard InChI is InChI=1S/C10H12N4/c11-5-9-12-10-4-3-8(7-1-2-7)6-14(10)13-9/h3-4,6-7H,1-2,5,11H2. The lowest BCUT2D eigenvalue weighted by atomic mass is 10.2. The summed E-state index contributed by atoms with van der Waals surface area (Å²) >= 11 is 0. The van der Waals surface area contributed by atoms with Crippen LogP contribution in [0.25, 0.3) is 5.65 Å². The molecule has 0 bridgehead atoms. The van der Waals surface area contributed by atoms with E-state index in [1.807, 2.05) is 10.6 Å². The van der Waals surface area contributed by atoms with Gasteiger partial charge in [-0.25, -0.2) is 9.50 Å². The Kier molecular flexibility index (Phi) is 1.58. The minimum absolute atomic E-state index is 0.403. The molecule has 0 spiro atoms. The molecule has 4 nitrogen and oxygen atoms in total. The molecule has 0 saturated heterocycles. The Balaban J connectivity index is 2.12. The lowest BCUT2D eigenvalue weighted by molar-refractivity contribution is 0.860. The largest absolute Gasteiger partial charge is 0.324 e. The Labute approximate surface area is 81.8 Å². The summed E-state index contributed by atoms with van der Waals surface area (Å²) in [5.41, 5.74) is 7.74. The van der Waals surface area contributed by atoms with E-state index in [0.29, 0.717) is 12.4 Å². The maximum Gasteiger partial charge on any atom is 0.165 e. The maximum atomic E-state index is 5.49. The summed E-state index contributed by atoms with van der Waals surface area (Å²) in [4.78, 5) is 4.28. The van der Waals surface area contributed by atoms with Crippen LogP contribution in [-0.4, -0.2) is 14.6 Å². The van der Waals surface area contributed by atoms with Gasteiger partial charge in [-0.3, -0.25) is 0 Å². The molecule has 0 unspecified atom stereocenters. The predicted molar refractivity (Wildman–Crippen MR) is 52.9 cm³/mol. The zero-order valence-electron chi connectivity index (χ0n) is 7.85. The molecule has 2 aromatic rings. The molecule has 14 heavy (non-hydrogen) atoms. The van der Waals surface area contributed by atoms with Crippen molar-refractivity contribution in [2.24, 2.45) is 5.73 Å². The Hall–Kier alpha value is -1.42. The second kappa shape index (κ2) is 2.78. The molecule has 4 heteroatoms. The second-order valence-corrected chi connectivity index (χ2v) is 3.77. The average molecular weight is 188 g/mol. The third kappa shape index (κ3) is 1.19. The number of hydrogen-bond acceptors (Lipinski definition) is 3. The van der Waals surface area contributed by atoms with Crippen molar-refractivity contribution in [1.82, 2.24) is 14.6 Å². The van der Waals surface area contributed by atoms with Crippen molar-refractivity contribution < 1.29 is 0 Å². The van der Waals surface area contributed by atoms with Gasteiger partial charge < -0.3 is 5.73 Å². The Morgan fingerprint density at radius 1 is 1.43 bits per heavy atom. The second-order valence-electron chi connectivity index (χ2n) is 3.77. The van der Waals surface area contributed by atoms with Crippen molar-refractivity contribution >= 4 is 5.65 Å². The number of hydrogen-bond donors (Lipinski definition) is 1. The van der Waals surface area contributed by atoms with Crippen LogP contribution < -0.4 is 5.73 Å². The van der Waals surface area contributed by atoms with Gasteiger partial charge in [0.25, 0.3) is 0 Å². The van der Waals surface area contributed by atoms with E-state index in [2.05, 4.69) is 22.3 Å². The molecule has 0 radical (unpaired) electrons. The lowest BCUT2D eigenvalue weighted by Crippen LogP contribution is -1.98. The molecule has 0 aromatic carbocycles. The van der Waals surface area contributed by atoms with E-state index in [4.69, 9.17) is 5.73 Å². The predicted octanol–water partition coefficient (Wildman–Crippen LogP) is 1.07. The van der Waals surface area contributed by atoms with Gasteiger partial charge in [0.15, 0.2) is 11.5 Å². The monoisotopic (exact) mass is 188 g/mol. The highest BCUT2D eigenvalue weighted by molar-refractivity contribution is 5.40.